The van der Waals surface area contributed by atoms with Crippen molar-refractivity contribution in [3.05, 3.63) is 35.5 Å². The maximum absolute atomic E-state index is 5.63. The number of nitrogens with zero attached hydrogens (tertiary/aromatic N) is 2. The number of aromatic nitrogens is 2. The van der Waals surface area contributed by atoms with Gasteiger partial charge in [-0.25, -0.2) is 0 Å². The van der Waals surface area contributed by atoms with Gasteiger partial charge in [-0.3, -0.25) is 0 Å². The van der Waals surface area contributed by atoms with Gasteiger partial charge in [0, 0.05) is 6.08 Å². The molecule has 0 unspecified atom stereocenters. The number of alkyl halides is 3. The number of ether oxygens (including phenoxy) is 2. The molecule has 0 amide bonds. The van der Waals surface area contributed by atoms with E-state index in [-0.39, 0.29) is 18.6 Å². The van der Waals surface area contributed by atoms with Crippen molar-refractivity contribution in [1.82, 2.24) is 10.2 Å². The third-order valence-electron chi connectivity index (χ3n) is 2.50. The molecule has 1 aromatic carbocycles. The molecule has 5 nitrogen and oxygen atoms in total. The van der Waals surface area contributed by atoms with Crippen LogP contribution in [-0.2, 0) is 3.79 Å². The normalized spacial score (nSPS) is 14.2. The predicted octanol–water partition coefficient (Wildman–Crippen LogP) is 3.80. The Balaban J connectivity index is 1.79. The van der Waals surface area contributed by atoms with Crippen molar-refractivity contribution in [2.24, 2.45) is 0 Å². The number of hydrogen-bond acceptors (Lipinski definition) is 5. The number of hydrogen-bond donors (Lipinski definition) is 0. The van der Waals surface area contributed by atoms with E-state index >= 15 is 0 Å². The summed E-state index contributed by atoms with van der Waals surface area (Å²) in [7, 11) is 0. The molecule has 1 aliphatic heterocycles. The Labute approximate surface area is 129 Å². The van der Waals surface area contributed by atoms with Crippen LogP contribution in [0.25, 0.3) is 12.2 Å². The van der Waals surface area contributed by atoms with Crippen LogP contribution in [0.15, 0.2) is 22.6 Å². The number of rotatable bonds is 2. The minimum Gasteiger partial charge on any atom is -0.454 e. The second kappa shape index (κ2) is 5.16. The molecule has 8 heteroatoms. The molecule has 1 aromatic heterocycles. The maximum atomic E-state index is 5.63. The first-order valence-corrected chi connectivity index (χ1v) is 6.64. The van der Waals surface area contributed by atoms with Crippen molar-refractivity contribution in [2.45, 2.75) is 3.79 Å². The van der Waals surface area contributed by atoms with E-state index < -0.39 is 3.79 Å². The van der Waals surface area contributed by atoms with Gasteiger partial charge in [-0.1, -0.05) is 40.9 Å². The van der Waals surface area contributed by atoms with Gasteiger partial charge < -0.3 is 13.9 Å². The van der Waals surface area contributed by atoms with Crippen LogP contribution in [0, 0.1) is 0 Å². The predicted molar refractivity (Wildman–Crippen MR) is 75.0 cm³/mol. The molecule has 3 rings (SSSR count). The van der Waals surface area contributed by atoms with Crippen LogP contribution < -0.4 is 9.47 Å². The van der Waals surface area contributed by atoms with Crippen LogP contribution in [0.2, 0.25) is 0 Å². The lowest BCUT2D eigenvalue weighted by Gasteiger charge is -2.01. The summed E-state index contributed by atoms with van der Waals surface area (Å²) in [5.41, 5.74) is 0.892. The molecular weight excluding hydrogens is 327 g/mol. The minimum atomic E-state index is -1.72. The zero-order chi connectivity index (χ0) is 14.2. The first kappa shape index (κ1) is 13.5. The summed E-state index contributed by atoms with van der Waals surface area (Å²) in [6.07, 6.45) is 3.39. The average Bonchev–Trinajstić information content (AvgIpc) is 3.04. The summed E-state index contributed by atoms with van der Waals surface area (Å²) in [5.74, 6) is 1.58. The highest BCUT2D eigenvalue weighted by Crippen LogP contribution is 2.37. The lowest BCUT2D eigenvalue weighted by Crippen LogP contribution is -1.99. The van der Waals surface area contributed by atoms with Gasteiger partial charge in [-0.15, -0.1) is 10.2 Å². The summed E-state index contributed by atoms with van der Waals surface area (Å²) in [6, 6.07) is 5.53. The Hall–Kier alpha value is -1.43. The van der Waals surface area contributed by atoms with E-state index in [0.717, 1.165) is 11.3 Å². The summed E-state index contributed by atoms with van der Waals surface area (Å²) in [5, 5.41) is 7.41. The molecule has 0 aliphatic carbocycles. The molecule has 0 N–H and O–H groups in total. The summed E-state index contributed by atoms with van der Waals surface area (Å²) in [6.45, 7) is 0.235. The van der Waals surface area contributed by atoms with Gasteiger partial charge in [0.15, 0.2) is 11.5 Å². The van der Waals surface area contributed by atoms with Gasteiger partial charge in [0.2, 0.25) is 12.7 Å². The molecule has 0 fully saturated rings. The number of halogens is 3. The minimum absolute atomic E-state index is 0.0761. The van der Waals surface area contributed by atoms with Crippen LogP contribution >= 0.6 is 34.8 Å². The van der Waals surface area contributed by atoms with E-state index in [2.05, 4.69) is 10.2 Å². The summed E-state index contributed by atoms with van der Waals surface area (Å²) < 4.78 is 14.0. The summed E-state index contributed by atoms with van der Waals surface area (Å²) in [4.78, 5) is 0. The Morgan fingerprint density at radius 2 is 1.85 bits per heavy atom. The molecule has 0 atom stereocenters. The molecule has 0 saturated heterocycles. The molecule has 0 radical (unpaired) electrons. The van der Waals surface area contributed by atoms with Gasteiger partial charge >= 0.3 is 0 Å². The van der Waals surface area contributed by atoms with Crippen LogP contribution in [0.1, 0.15) is 17.3 Å². The number of benzene rings is 1. The quantitative estimate of drug-likeness (QED) is 0.783. The molecule has 2 heterocycles. The summed E-state index contributed by atoms with van der Waals surface area (Å²) >= 11 is 16.9. The highest BCUT2D eigenvalue weighted by molar-refractivity contribution is 6.66. The van der Waals surface area contributed by atoms with Gasteiger partial charge in [-0.2, -0.15) is 0 Å². The Bertz CT molecular complexity index is 664. The van der Waals surface area contributed by atoms with Crippen molar-refractivity contribution in [1.29, 1.82) is 0 Å². The first-order chi connectivity index (χ1) is 9.52. The standard InChI is InChI=1S/C12H7Cl3N2O3/c13-12(14,15)11-17-16-10(20-11)4-2-7-1-3-8-9(5-7)19-6-18-8/h1-5H,6H2/b4-2+. The molecule has 104 valence electrons. The number of fused-ring (bicyclic) bond motifs is 1. The third-order valence-corrected chi connectivity index (χ3v) is 2.98. The van der Waals surface area contributed by atoms with Crippen molar-refractivity contribution >= 4 is 47.0 Å². The van der Waals surface area contributed by atoms with E-state index in [4.69, 9.17) is 48.7 Å². The van der Waals surface area contributed by atoms with Crippen molar-refractivity contribution in [3.63, 3.8) is 0 Å². The highest BCUT2D eigenvalue weighted by atomic mass is 35.6. The van der Waals surface area contributed by atoms with Crippen LogP contribution in [-0.4, -0.2) is 17.0 Å². The zero-order valence-electron chi connectivity index (χ0n) is 9.85. The van der Waals surface area contributed by atoms with Gasteiger partial charge in [0.1, 0.15) is 0 Å². The SMILES string of the molecule is ClC(Cl)(Cl)c1nnc(/C=C/c2ccc3c(c2)OCO3)o1. The molecule has 0 spiro atoms. The maximum Gasteiger partial charge on any atom is 0.268 e. The molecular formula is C12H7Cl3N2O3. The Morgan fingerprint density at radius 3 is 2.60 bits per heavy atom. The molecule has 1 aliphatic rings. The van der Waals surface area contributed by atoms with Gasteiger partial charge in [0.05, 0.1) is 0 Å². The monoisotopic (exact) mass is 332 g/mol. The molecule has 0 saturated carbocycles. The Kier molecular flexibility index (Phi) is 3.50. The first-order valence-electron chi connectivity index (χ1n) is 5.51. The van der Waals surface area contributed by atoms with Crippen molar-refractivity contribution < 1.29 is 13.9 Å². The lowest BCUT2D eigenvalue weighted by atomic mass is 10.2. The smallest absolute Gasteiger partial charge is 0.268 e. The molecule has 20 heavy (non-hydrogen) atoms. The van der Waals surface area contributed by atoms with Gasteiger partial charge in [0.25, 0.3) is 9.68 Å². The van der Waals surface area contributed by atoms with Crippen LogP contribution in [0.5, 0.6) is 11.5 Å². The van der Waals surface area contributed by atoms with Crippen molar-refractivity contribution in [3.8, 4) is 11.5 Å². The van der Waals surface area contributed by atoms with E-state index in [1.807, 2.05) is 18.2 Å². The Morgan fingerprint density at radius 1 is 1.05 bits per heavy atom. The second-order valence-electron chi connectivity index (χ2n) is 3.89. The van der Waals surface area contributed by atoms with Crippen LogP contribution in [0.3, 0.4) is 0 Å². The highest BCUT2D eigenvalue weighted by Gasteiger charge is 2.29. The fraction of sp³-hybridized carbons (Fsp3) is 0.167. The third kappa shape index (κ3) is 2.85. The second-order valence-corrected chi connectivity index (χ2v) is 6.17. The van der Waals surface area contributed by atoms with Crippen molar-refractivity contribution in [2.75, 3.05) is 6.79 Å². The lowest BCUT2D eigenvalue weighted by molar-refractivity contribution is 0.174. The fourth-order valence-corrected chi connectivity index (χ4v) is 1.83. The van der Waals surface area contributed by atoms with E-state index in [9.17, 15) is 0 Å². The molecule has 2 aromatic rings. The van der Waals surface area contributed by atoms with E-state index in [0.29, 0.717) is 5.75 Å². The van der Waals surface area contributed by atoms with E-state index in [1.54, 1.807) is 12.2 Å². The largest absolute Gasteiger partial charge is 0.454 e. The van der Waals surface area contributed by atoms with Crippen LogP contribution in [0.4, 0.5) is 0 Å². The van der Waals surface area contributed by atoms with E-state index in [1.165, 1.54) is 0 Å². The topological polar surface area (TPSA) is 57.4 Å². The van der Waals surface area contributed by atoms with Gasteiger partial charge in [-0.05, 0) is 23.8 Å². The molecule has 0 bridgehead atoms. The fourth-order valence-electron chi connectivity index (χ4n) is 1.60. The average molecular weight is 334 g/mol. The zero-order valence-corrected chi connectivity index (χ0v) is 12.1.